The van der Waals surface area contributed by atoms with Crippen LogP contribution < -0.4 is 0 Å². The van der Waals surface area contributed by atoms with Gasteiger partial charge >= 0.3 is 17.9 Å². The first-order valence-corrected chi connectivity index (χ1v) is 25.9. The molecule has 0 aromatic heterocycles. The van der Waals surface area contributed by atoms with E-state index in [0.717, 1.165) is 38.5 Å². The number of carboxylic acid groups (broad SMARTS) is 3. The molecule has 0 aliphatic heterocycles. The van der Waals surface area contributed by atoms with Crippen molar-refractivity contribution in [2.24, 2.45) is 0 Å². The molecule has 0 aromatic carbocycles. The fraction of sp³-hybridized carbons (Fsp3) is 0.833. The van der Waals surface area contributed by atoms with Gasteiger partial charge in [-0.2, -0.15) is 0 Å². The Morgan fingerprint density at radius 2 is 0.410 bits per heavy atom. The molecule has 0 aliphatic carbocycles. The summed E-state index contributed by atoms with van der Waals surface area (Å²) in [6.07, 6.45) is 63.7. The van der Waals surface area contributed by atoms with Crippen LogP contribution in [0.1, 0.15) is 290 Å². The van der Waals surface area contributed by atoms with E-state index in [-0.39, 0.29) is 38.2 Å². The van der Waals surface area contributed by atoms with Crippen molar-refractivity contribution in [3.05, 3.63) is 36.5 Å². The maximum atomic E-state index is 10.3. The van der Waals surface area contributed by atoms with Crippen molar-refractivity contribution in [2.75, 3.05) is 0 Å². The van der Waals surface area contributed by atoms with Gasteiger partial charge in [-0.15, -0.1) is 0 Å². The van der Waals surface area contributed by atoms with Gasteiger partial charge in [-0.05, 0) is 96.3 Å². The maximum absolute atomic E-state index is 10.3. The van der Waals surface area contributed by atoms with E-state index in [2.05, 4.69) is 57.2 Å². The molecule has 0 radical (unpaired) electrons. The van der Waals surface area contributed by atoms with Crippen molar-refractivity contribution in [2.45, 2.75) is 290 Å². The predicted octanol–water partition coefficient (Wildman–Crippen LogP) is 18.3. The number of hydrogen-bond donors (Lipinski definition) is 3. The van der Waals surface area contributed by atoms with Crippen molar-refractivity contribution in [3.63, 3.8) is 0 Å². The third-order valence-corrected chi connectivity index (χ3v) is 11.0. The standard InChI is InChI=1S/3C18H34O2.Dy/c3*1-2-3-4-5-6-7-8-9-10-11-12-13-14-15-16-17-18(19)20;/h3*7-8H,2-6,9-17H2,1H3,(H,19,20);/b3*8-7-;. The van der Waals surface area contributed by atoms with E-state index in [1.54, 1.807) is 0 Å². The summed E-state index contributed by atoms with van der Waals surface area (Å²) in [5.74, 6) is -1.98. The summed E-state index contributed by atoms with van der Waals surface area (Å²) < 4.78 is 0. The predicted molar refractivity (Wildman–Crippen MR) is 261 cm³/mol. The molecule has 364 valence electrons. The van der Waals surface area contributed by atoms with Gasteiger partial charge in [0.1, 0.15) is 0 Å². The molecule has 0 amide bonds. The number of unbranched alkanes of at least 4 members (excludes halogenated alkanes) is 33. The molecule has 0 saturated carbocycles. The van der Waals surface area contributed by atoms with Crippen LogP contribution in [0.3, 0.4) is 0 Å². The summed E-state index contributed by atoms with van der Waals surface area (Å²) in [4.78, 5) is 31.0. The number of hydrogen-bond acceptors (Lipinski definition) is 3. The van der Waals surface area contributed by atoms with E-state index >= 15 is 0 Å². The van der Waals surface area contributed by atoms with Crippen molar-refractivity contribution >= 4 is 17.9 Å². The second-order valence-electron chi connectivity index (χ2n) is 17.2. The first-order valence-electron chi connectivity index (χ1n) is 25.9. The average Bonchev–Trinajstić information content (AvgIpc) is 3.22. The van der Waals surface area contributed by atoms with Crippen LogP contribution in [0.2, 0.25) is 0 Å². The molecule has 0 saturated heterocycles. The monoisotopic (exact) mass is 1010 g/mol. The van der Waals surface area contributed by atoms with Crippen molar-refractivity contribution < 1.29 is 67.9 Å². The minimum Gasteiger partial charge on any atom is -0.481 e. The number of carboxylic acids is 3. The van der Waals surface area contributed by atoms with Crippen LogP contribution in [0.4, 0.5) is 0 Å². The Kier molecular flexibility index (Phi) is 68.9. The minimum atomic E-state index is -0.661. The van der Waals surface area contributed by atoms with Gasteiger partial charge in [0.25, 0.3) is 0 Å². The number of rotatable bonds is 45. The minimum absolute atomic E-state index is 0. The van der Waals surface area contributed by atoms with E-state index in [9.17, 15) is 14.4 Å². The molecule has 3 N–H and O–H groups in total. The van der Waals surface area contributed by atoms with Crippen LogP contribution in [0.25, 0.3) is 0 Å². The molecule has 0 unspecified atom stereocenters. The molecule has 0 bridgehead atoms. The van der Waals surface area contributed by atoms with Crippen LogP contribution in [-0.4, -0.2) is 33.2 Å². The van der Waals surface area contributed by atoms with Crippen LogP contribution >= 0.6 is 0 Å². The number of carbonyl (C=O) groups is 3. The maximum Gasteiger partial charge on any atom is 0.303 e. The molecule has 0 atom stereocenters. The van der Waals surface area contributed by atoms with Gasteiger partial charge in [0.2, 0.25) is 0 Å². The molecule has 0 heterocycles. The van der Waals surface area contributed by atoms with Gasteiger partial charge in [0, 0.05) is 57.4 Å². The van der Waals surface area contributed by atoms with Crippen molar-refractivity contribution in [1.82, 2.24) is 0 Å². The largest absolute Gasteiger partial charge is 0.481 e. The summed E-state index contributed by atoms with van der Waals surface area (Å²) in [5, 5.41) is 25.5. The first-order chi connectivity index (χ1) is 29.3. The summed E-state index contributed by atoms with van der Waals surface area (Å²) >= 11 is 0. The zero-order valence-corrected chi connectivity index (χ0v) is 42.6. The molecule has 0 rings (SSSR count). The topological polar surface area (TPSA) is 112 Å². The zero-order chi connectivity index (χ0) is 44.7. The van der Waals surface area contributed by atoms with E-state index in [0.29, 0.717) is 19.3 Å². The van der Waals surface area contributed by atoms with E-state index in [1.165, 1.54) is 212 Å². The van der Waals surface area contributed by atoms with E-state index in [1.807, 2.05) is 0 Å². The van der Waals surface area contributed by atoms with Gasteiger partial charge in [-0.3, -0.25) is 14.4 Å². The van der Waals surface area contributed by atoms with Crippen LogP contribution in [0, 0.1) is 38.2 Å². The first kappa shape index (κ1) is 66.5. The van der Waals surface area contributed by atoms with Crippen LogP contribution in [0.5, 0.6) is 0 Å². The second-order valence-corrected chi connectivity index (χ2v) is 17.2. The fourth-order valence-corrected chi connectivity index (χ4v) is 7.04. The smallest absolute Gasteiger partial charge is 0.303 e. The Morgan fingerprint density at radius 1 is 0.262 bits per heavy atom. The van der Waals surface area contributed by atoms with Crippen molar-refractivity contribution in [1.29, 1.82) is 0 Å². The molecule has 0 fully saturated rings. The summed E-state index contributed by atoms with van der Waals surface area (Å²) in [6, 6.07) is 0. The molecule has 61 heavy (non-hydrogen) atoms. The third-order valence-electron chi connectivity index (χ3n) is 11.0. The number of aliphatic carboxylic acids is 3. The van der Waals surface area contributed by atoms with Gasteiger partial charge in [-0.1, -0.05) is 211 Å². The quantitative estimate of drug-likeness (QED) is 0.0414. The van der Waals surface area contributed by atoms with Crippen molar-refractivity contribution in [3.8, 4) is 0 Å². The van der Waals surface area contributed by atoms with Gasteiger partial charge in [-0.25, -0.2) is 0 Å². The van der Waals surface area contributed by atoms with E-state index in [4.69, 9.17) is 15.3 Å². The Labute approximate surface area is 409 Å². The Morgan fingerprint density at radius 3 is 0.574 bits per heavy atom. The molecule has 7 heteroatoms. The molecule has 0 aromatic rings. The third kappa shape index (κ3) is 76.6. The average molecular weight is 1010 g/mol. The molecular weight excluding hydrogens is 907 g/mol. The van der Waals surface area contributed by atoms with Gasteiger partial charge in [0.05, 0.1) is 0 Å². The molecule has 6 nitrogen and oxygen atoms in total. The zero-order valence-electron chi connectivity index (χ0n) is 40.5. The molecule has 0 aliphatic rings. The Balaban J connectivity index is -0.000000396. The van der Waals surface area contributed by atoms with Gasteiger partial charge < -0.3 is 15.3 Å². The fourth-order valence-electron chi connectivity index (χ4n) is 7.04. The summed E-state index contributed by atoms with van der Waals surface area (Å²) in [5.41, 5.74) is 0. The van der Waals surface area contributed by atoms with Crippen LogP contribution in [0.15, 0.2) is 36.5 Å². The van der Waals surface area contributed by atoms with Gasteiger partial charge in [0.15, 0.2) is 0 Å². The van der Waals surface area contributed by atoms with E-state index < -0.39 is 17.9 Å². The SMILES string of the molecule is CCCCCC/C=C\CCCCCCCCCC(=O)O.CCCCCC/C=C\CCCCCCCCCC(=O)O.CCCCCC/C=C\CCCCCCCCCC(=O)O.[Dy]. The number of allylic oxidation sites excluding steroid dienone is 6. The molecular formula is C54H102DyO6. The second kappa shape index (κ2) is 63.2. The normalized spacial score (nSPS) is 11.1. The summed E-state index contributed by atoms with van der Waals surface area (Å²) in [7, 11) is 0. The summed E-state index contributed by atoms with van der Waals surface area (Å²) in [6.45, 7) is 6.76. The van der Waals surface area contributed by atoms with Crippen LogP contribution in [-0.2, 0) is 14.4 Å². The Hall–Kier alpha value is -1.10. The Bertz CT molecular complexity index is 827. The molecule has 0 spiro atoms.